The molecule has 0 saturated heterocycles. The fraction of sp³-hybridized carbons (Fsp3) is 0.692. The molecule has 1 saturated carbocycles. The van der Waals surface area contributed by atoms with Crippen molar-refractivity contribution in [3.8, 4) is 0 Å². The van der Waals surface area contributed by atoms with Gasteiger partial charge in [0.2, 0.25) is 0 Å². The van der Waals surface area contributed by atoms with Crippen LogP contribution >= 0.6 is 11.6 Å². The molecule has 1 aliphatic carbocycles. The Morgan fingerprint density at radius 1 is 1.12 bits per heavy atom. The molecule has 2 unspecified atom stereocenters. The van der Waals surface area contributed by atoms with Gasteiger partial charge in [-0.2, -0.15) is 0 Å². The molecule has 0 spiro atoms. The predicted octanol–water partition coefficient (Wildman–Crippen LogP) is 3.74. The smallest absolute Gasteiger partial charge is 0.155 e. The average Bonchev–Trinajstić information content (AvgIpc) is 2.32. The summed E-state index contributed by atoms with van der Waals surface area (Å²) in [7, 11) is 0. The number of hydrogen-bond donors (Lipinski definition) is 1. The molecular formula is C13H20ClN3. The largest absolute Gasteiger partial charge is 0.365 e. The quantitative estimate of drug-likeness (QED) is 0.873. The second-order valence-corrected chi connectivity index (χ2v) is 5.46. The van der Waals surface area contributed by atoms with Crippen LogP contribution < -0.4 is 5.32 Å². The minimum atomic E-state index is 0.504. The van der Waals surface area contributed by atoms with Crippen molar-refractivity contribution in [2.24, 2.45) is 5.92 Å². The number of aromatic nitrogens is 2. The molecule has 17 heavy (non-hydrogen) atoms. The van der Waals surface area contributed by atoms with Crippen molar-refractivity contribution in [1.29, 1.82) is 0 Å². The summed E-state index contributed by atoms with van der Waals surface area (Å²) in [5.74, 6) is 1.60. The number of anilines is 1. The minimum Gasteiger partial charge on any atom is -0.365 e. The van der Waals surface area contributed by atoms with E-state index in [9.17, 15) is 0 Å². The van der Waals surface area contributed by atoms with Crippen LogP contribution in [-0.2, 0) is 0 Å². The average molecular weight is 254 g/mol. The first-order valence-electron chi connectivity index (χ1n) is 6.35. The third-order valence-electron chi connectivity index (χ3n) is 3.90. The molecule has 2 atom stereocenters. The van der Waals surface area contributed by atoms with Gasteiger partial charge in [0.05, 0.1) is 0 Å². The second-order valence-electron chi connectivity index (χ2n) is 5.10. The molecule has 1 aromatic rings. The van der Waals surface area contributed by atoms with Crippen LogP contribution in [0.4, 0.5) is 5.82 Å². The lowest BCUT2D eigenvalue weighted by molar-refractivity contribution is 0.348. The predicted molar refractivity (Wildman–Crippen MR) is 71.6 cm³/mol. The topological polar surface area (TPSA) is 37.8 Å². The second kappa shape index (κ2) is 5.21. The molecule has 0 bridgehead atoms. The Morgan fingerprint density at radius 2 is 1.82 bits per heavy atom. The van der Waals surface area contributed by atoms with Crippen LogP contribution in [0.3, 0.4) is 0 Å². The van der Waals surface area contributed by atoms with E-state index >= 15 is 0 Å². The van der Waals surface area contributed by atoms with Gasteiger partial charge < -0.3 is 5.32 Å². The van der Waals surface area contributed by atoms with E-state index < -0.39 is 0 Å². The van der Waals surface area contributed by atoms with Gasteiger partial charge in [-0.3, -0.25) is 0 Å². The van der Waals surface area contributed by atoms with Gasteiger partial charge in [-0.15, -0.1) is 10.2 Å². The molecule has 1 heterocycles. The zero-order valence-corrected chi connectivity index (χ0v) is 11.5. The van der Waals surface area contributed by atoms with Gasteiger partial charge in [-0.25, -0.2) is 0 Å². The van der Waals surface area contributed by atoms with E-state index in [-0.39, 0.29) is 0 Å². The third kappa shape index (κ3) is 2.71. The van der Waals surface area contributed by atoms with Crippen molar-refractivity contribution in [3.63, 3.8) is 0 Å². The van der Waals surface area contributed by atoms with Gasteiger partial charge in [0.25, 0.3) is 0 Å². The lowest BCUT2D eigenvalue weighted by Gasteiger charge is -2.30. The number of nitrogens with zero attached hydrogens (tertiary/aromatic N) is 2. The lowest BCUT2D eigenvalue weighted by Crippen LogP contribution is -2.31. The molecule has 0 radical (unpaired) electrons. The van der Waals surface area contributed by atoms with Crippen molar-refractivity contribution in [2.45, 2.75) is 52.5 Å². The molecule has 0 aliphatic heterocycles. The maximum atomic E-state index is 5.96. The molecule has 0 aromatic carbocycles. The zero-order chi connectivity index (χ0) is 12.4. The monoisotopic (exact) mass is 253 g/mol. The standard InChI is InChI=1S/C13H20ClN3/c1-8-6-4-5-7-11(8)15-13-10(3)9(2)12(14)16-17-13/h8,11H,4-7H2,1-3H3,(H,15,17). The molecule has 4 heteroatoms. The first-order chi connectivity index (χ1) is 8.09. The van der Waals surface area contributed by atoms with Crippen molar-refractivity contribution in [1.82, 2.24) is 10.2 Å². The van der Waals surface area contributed by atoms with E-state index in [0.29, 0.717) is 17.1 Å². The fourth-order valence-electron chi connectivity index (χ4n) is 2.42. The Bertz CT molecular complexity index is 406. The summed E-state index contributed by atoms with van der Waals surface area (Å²) in [6.45, 7) is 6.34. The van der Waals surface area contributed by atoms with Crippen LogP contribution in [0.1, 0.15) is 43.7 Å². The summed E-state index contributed by atoms with van der Waals surface area (Å²) >= 11 is 5.96. The highest BCUT2D eigenvalue weighted by Gasteiger charge is 2.22. The minimum absolute atomic E-state index is 0.504. The Labute approximate surface area is 108 Å². The number of nitrogens with one attached hydrogen (secondary N) is 1. The van der Waals surface area contributed by atoms with Crippen LogP contribution in [0.25, 0.3) is 0 Å². The molecule has 1 fully saturated rings. The van der Waals surface area contributed by atoms with Gasteiger partial charge in [0, 0.05) is 6.04 Å². The van der Waals surface area contributed by atoms with E-state index in [0.717, 1.165) is 16.9 Å². The lowest BCUT2D eigenvalue weighted by atomic mass is 9.86. The van der Waals surface area contributed by atoms with Crippen molar-refractivity contribution in [3.05, 3.63) is 16.3 Å². The molecule has 1 aliphatic rings. The first-order valence-corrected chi connectivity index (χ1v) is 6.73. The van der Waals surface area contributed by atoms with Crippen LogP contribution in [0.2, 0.25) is 5.15 Å². The third-order valence-corrected chi connectivity index (χ3v) is 4.26. The molecule has 2 rings (SSSR count). The Hall–Kier alpha value is -0.830. The van der Waals surface area contributed by atoms with Crippen LogP contribution in [-0.4, -0.2) is 16.2 Å². The summed E-state index contributed by atoms with van der Waals surface area (Å²) < 4.78 is 0. The van der Waals surface area contributed by atoms with E-state index in [1.807, 2.05) is 13.8 Å². The maximum Gasteiger partial charge on any atom is 0.155 e. The van der Waals surface area contributed by atoms with Crippen LogP contribution in [0.5, 0.6) is 0 Å². The molecule has 0 amide bonds. The number of rotatable bonds is 2. The highest BCUT2D eigenvalue weighted by Crippen LogP contribution is 2.28. The maximum absolute atomic E-state index is 5.96. The summed E-state index contributed by atoms with van der Waals surface area (Å²) in [4.78, 5) is 0. The van der Waals surface area contributed by atoms with Gasteiger partial charge >= 0.3 is 0 Å². The summed E-state index contributed by atoms with van der Waals surface area (Å²) in [6.07, 6.45) is 5.19. The van der Waals surface area contributed by atoms with E-state index in [4.69, 9.17) is 11.6 Å². The highest BCUT2D eigenvalue weighted by molar-refractivity contribution is 6.30. The normalized spacial score (nSPS) is 24.7. The zero-order valence-electron chi connectivity index (χ0n) is 10.8. The molecule has 1 N–H and O–H groups in total. The SMILES string of the molecule is Cc1c(Cl)nnc(NC2CCCCC2C)c1C. The number of halogens is 1. The van der Waals surface area contributed by atoms with E-state index in [2.05, 4.69) is 22.4 Å². The summed E-state index contributed by atoms with van der Waals surface area (Å²) in [6, 6.07) is 0.525. The summed E-state index contributed by atoms with van der Waals surface area (Å²) in [5, 5.41) is 12.2. The van der Waals surface area contributed by atoms with Gasteiger partial charge in [0.15, 0.2) is 11.0 Å². The Morgan fingerprint density at radius 3 is 2.53 bits per heavy atom. The van der Waals surface area contributed by atoms with Crippen molar-refractivity contribution in [2.75, 3.05) is 5.32 Å². The van der Waals surface area contributed by atoms with Gasteiger partial charge in [-0.05, 0) is 43.7 Å². The first kappa shape index (κ1) is 12.6. The van der Waals surface area contributed by atoms with Crippen LogP contribution in [0, 0.1) is 19.8 Å². The fourth-order valence-corrected chi connectivity index (χ4v) is 2.60. The van der Waals surface area contributed by atoms with Crippen LogP contribution in [0.15, 0.2) is 0 Å². The number of hydrogen-bond acceptors (Lipinski definition) is 3. The van der Waals surface area contributed by atoms with Gasteiger partial charge in [0.1, 0.15) is 0 Å². The highest BCUT2D eigenvalue weighted by atomic mass is 35.5. The molecular weight excluding hydrogens is 234 g/mol. The van der Waals surface area contributed by atoms with Crippen molar-refractivity contribution < 1.29 is 0 Å². The van der Waals surface area contributed by atoms with Crippen molar-refractivity contribution >= 4 is 17.4 Å². The van der Waals surface area contributed by atoms with Gasteiger partial charge in [-0.1, -0.05) is 31.4 Å². The Balaban J connectivity index is 2.15. The Kier molecular flexibility index (Phi) is 3.87. The van der Waals surface area contributed by atoms with E-state index in [1.54, 1.807) is 0 Å². The summed E-state index contributed by atoms with van der Waals surface area (Å²) in [5.41, 5.74) is 2.13. The molecule has 3 nitrogen and oxygen atoms in total. The molecule has 94 valence electrons. The van der Waals surface area contributed by atoms with E-state index in [1.165, 1.54) is 25.7 Å². The molecule has 1 aromatic heterocycles.